The van der Waals surface area contributed by atoms with Gasteiger partial charge in [-0.1, -0.05) is 123 Å². The Morgan fingerprint density at radius 3 is 1.57 bits per heavy atom. The minimum absolute atomic E-state index is 0.169. The highest BCUT2D eigenvalue weighted by Crippen LogP contribution is 2.34. The van der Waals surface area contributed by atoms with E-state index < -0.39 is 11.2 Å². The van der Waals surface area contributed by atoms with Gasteiger partial charge in [0.15, 0.2) is 0 Å². The number of aryl methyl sites for hydroxylation is 2. The Labute approximate surface area is 348 Å². The summed E-state index contributed by atoms with van der Waals surface area (Å²) >= 11 is 12.3. The summed E-state index contributed by atoms with van der Waals surface area (Å²) < 4.78 is 0. The lowest BCUT2D eigenvalue weighted by molar-refractivity contribution is -0.0367. The number of anilines is 2. The highest BCUT2D eigenvalue weighted by Gasteiger charge is 2.36. The fourth-order valence-electron chi connectivity index (χ4n) is 8.51. The Kier molecular flexibility index (Phi) is 16.6. The number of hydrogen-bond acceptors (Lipinski definition) is 6. The summed E-state index contributed by atoms with van der Waals surface area (Å²) in [5.74, 6) is 0.434. The number of piperazine rings is 2. The van der Waals surface area contributed by atoms with E-state index in [1.54, 1.807) is 0 Å². The summed E-state index contributed by atoms with van der Waals surface area (Å²) in [5, 5.41) is 24.3. The summed E-state index contributed by atoms with van der Waals surface area (Å²) in [6, 6.07) is 35.1. The predicted molar refractivity (Wildman–Crippen MR) is 239 cm³/mol. The molecule has 0 aromatic heterocycles. The molecule has 304 valence electrons. The highest BCUT2D eigenvalue weighted by atomic mass is 35.5. The quantitative estimate of drug-likeness (QED) is 0.125. The van der Waals surface area contributed by atoms with Crippen LogP contribution in [0.2, 0.25) is 10.0 Å². The number of hydrogen-bond donors (Lipinski definition) is 2. The molecule has 0 aliphatic carbocycles. The fraction of sp³-hybridized carbons (Fsp3) is 0.500. The molecule has 6 rings (SSSR count). The maximum Gasteiger partial charge on any atom is 0.0931 e. The molecular weight excluding hydrogens is 735 g/mol. The van der Waals surface area contributed by atoms with Gasteiger partial charge in [0.05, 0.1) is 11.2 Å². The molecule has 8 heteroatoms. The number of rotatable bonds is 15. The average Bonchev–Trinajstić information content (AvgIpc) is 3.22. The monoisotopic (exact) mass is 800 g/mol. The van der Waals surface area contributed by atoms with Crippen LogP contribution in [0.5, 0.6) is 0 Å². The summed E-state index contributed by atoms with van der Waals surface area (Å²) in [6.07, 6.45) is 4.46. The SMILES string of the molecule is CCC(O)(CCCc1ccccc1)C(C)CN1CCN(c2cccc(Cl)c2)CC1.CCC(O)(c1ccc(C)cc1)C(C)CN1CCN(c2cccc(Cl)c2)CC1. The van der Waals surface area contributed by atoms with Crippen LogP contribution >= 0.6 is 23.2 Å². The number of nitrogens with zero attached hydrogens (tertiary/aromatic N) is 4. The second-order valence-electron chi connectivity index (χ2n) is 16.3. The molecule has 0 spiro atoms. The second-order valence-corrected chi connectivity index (χ2v) is 17.2. The molecule has 4 aromatic rings. The smallest absolute Gasteiger partial charge is 0.0931 e. The standard InChI is InChI=1S/C25H35ClN2O.C23H31ClN2O/c1-3-25(29,14-8-11-22-9-5-4-6-10-22)21(2)20-27-15-17-28(18-16-27)24-13-7-12-23(26)19-24;1-4-23(27,20-10-8-18(2)9-11-20)19(3)17-25-12-14-26(15-13-25)22-7-5-6-21(24)16-22/h4-7,9-10,12-13,19,21,29H,3,8,11,14-18,20H2,1-2H3;5-11,16,19,27H,4,12-15,17H2,1-3H3. The van der Waals surface area contributed by atoms with Gasteiger partial charge in [-0.05, 0) is 92.5 Å². The molecule has 2 saturated heterocycles. The van der Waals surface area contributed by atoms with E-state index in [1.165, 1.54) is 22.5 Å². The van der Waals surface area contributed by atoms with Crippen molar-refractivity contribution < 1.29 is 10.2 Å². The van der Waals surface area contributed by atoms with Gasteiger partial charge in [-0.15, -0.1) is 0 Å². The third-order valence-corrected chi connectivity index (χ3v) is 13.0. The zero-order valence-corrected chi connectivity index (χ0v) is 36.0. The van der Waals surface area contributed by atoms with Crippen LogP contribution in [0.1, 0.15) is 70.1 Å². The summed E-state index contributed by atoms with van der Waals surface area (Å²) in [4.78, 5) is 9.77. The second kappa shape index (κ2) is 21.1. The van der Waals surface area contributed by atoms with Crippen LogP contribution in [0.4, 0.5) is 11.4 Å². The highest BCUT2D eigenvalue weighted by molar-refractivity contribution is 6.31. The Hall–Kier alpha value is -3.10. The van der Waals surface area contributed by atoms with E-state index in [4.69, 9.17) is 23.2 Å². The van der Waals surface area contributed by atoms with E-state index in [0.717, 1.165) is 113 Å². The summed E-state index contributed by atoms with van der Waals surface area (Å²) in [7, 11) is 0. The molecule has 2 heterocycles. The molecule has 4 atom stereocenters. The van der Waals surface area contributed by atoms with Gasteiger partial charge in [0.25, 0.3) is 0 Å². The van der Waals surface area contributed by atoms with Crippen molar-refractivity contribution in [1.82, 2.24) is 9.80 Å². The number of aliphatic hydroxyl groups is 2. The predicted octanol–water partition coefficient (Wildman–Crippen LogP) is 9.97. The lowest BCUT2D eigenvalue weighted by Gasteiger charge is -2.41. The third kappa shape index (κ3) is 12.2. The molecule has 2 fully saturated rings. The van der Waals surface area contributed by atoms with Crippen LogP contribution in [-0.4, -0.2) is 91.1 Å². The Morgan fingerprint density at radius 1 is 0.607 bits per heavy atom. The lowest BCUT2D eigenvalue weighted by Crippen LogP contribution is -2.50. The van der Waals surface area contributed by atoms with Crippen LogP contribution in [-0.2, 0) is 12.0 Å². The summed E-state index contributed by atoms with van der Waals surface area (Å²) in [6.45, 7) is 20.6. The van der Waals surface area contributed by atoms with Crippen molar-refractivity contribution >= 4 is 34.6 Å². The van der Waals surface area contributed by atoms with E-state index >= 15 is 0 Å². The van der Waals surface area contributed by atoms with Gasteiger partial charge in [-0.2, -0.15) is 0 Å². The largest absolute Gasteiger partial charge is 0.390 e. The van der Waals surface area contributed by atoms with Crippen molar-refractivity contribution in [2.45, 2.75) is 77.9 Å². The maximum atomic E-state index is 11.4. The zero-order valence-electron chi connectivity index (χ0n) is 34.5. The Bertz CT molecular complexity index is 1740. The molecule has 4 unspecified atom stereocenters. The normalized spacial score (nSPS) is 18.7. The minimum atomic E-state index is -0.780. The first-order chi connectivity index (χ1) is 26.9. The van der Waals surface area contributed by atoms with Crippen molar-refractivity contribution in [2.24, 2.45) is 11.8 Å². The van der Waals surface area contributed by atoms with E-state index in [0.29, 0.717) is 0 Å². The molecule has 4 aromatic carbocycles. The van der Waals surface area contributed by atoms with Gasteiger partial charge in [0.2, 0.25) is 0 Å². The van der Waals surface area contributed by atoms with Gasteiger partial charge in [0, 0.05) is 92.8 Å². The van der Waals surface area contributed by atoms with E-state index in [1.807, 2.05) is 36.4 Å². The number of halogens is 2. The van der Waals surface area contributed by atoms with Crippen molar-refractivity contribution in [1.29, 1.82) is 0 Å². The van der Waals surface area contributed by atoms with E-state index in [2.05, 4.69) is 121 Å². The van der Waals surface area contributed by atoms with Gasteiger partial charge in [-0.25, -0.2) is 0 Å². The van der Waals surface area contributed by atoms with E-state index in [-0.39, 0.29) is 11.8 Å². The molecule has 2 aliphatic rings. The van der Waals surface area contributed by atoms with Gasteiger partial charge < -0.3 is 20.0 Å². The molecule has 0 amide bonds. The maximum absolute atomic E-state index is 11.4. The lowest BCUT2D eigenvalue weighted by atomic mass is 9.79. The van der Waals surface area contributed by atoms with Crippen LogP contribution in [0.15, 0.2) is 103 Å². The molecule has 0 saturated carbocycles. The zero-order chi connectivity index (χ0) is 40.1. The molecule has 56 heavy (non-hydrogen) atoms. The number of benzene rings is 4. The van der Waals surface area contributed by atoms with Crippen LogP contribution < -0.4 is 9.80 Å². The van der Waals surface area contributed by atoms with Gasteiger partial charge in [-0.3, -0.25) is 9.80 Å². The molecule has 0 radical (unpaired) electrons. The third-order valence-electron chi connectivity index (χ3n) is 12.5. The molecule has 2 aliphatic heterocycles. The molecule has 0 bridgehead atoms. The molecule has 6 nitrogen and oxygen atoms in total. The molecule has 2 N–H and O–H groups in total. The van der Waals surface area contributed by atoms with Crippen molar-refractivity contribution in [2.75, 3.05) is 75.2 Å². The Morgan fingerprint density at radius 2 is 1.11 bits per heavy atom. The van der Waals surface area contributed by atoms with Crippen LogP contribution in [0.3, 0.4) is 0 Å². The van der Waals surface area contributed by atoms with Crippen LogP contribution in [0, 0.1) is 18.8 Å². The van der Waals surface area contributed by atoms with E-state index in [9.17, 15) is 10.2 Å². The first kappa shape index (κ1) is 44.0. The Balaban J connectivity index is 0.000000215. The van der Waals surface area contributed by atoms with Gasteiger partial charge >= 0.3 is 0 Å². The minimum Gasteiger partial charge on any atom is -0.390 e. The first-order valence-corrected chi connectivity index (χ1v) is 21.7. The van der Waals surface area contributed by atoms with Crippen molar-refractivity contribution in [3.05, 3.63) is 130 Å². The van der Waals surface area contributed by atoms with Crippen LogP contribution in [0.25, 0.3) is 0 Å². The summed E-state index contributed by atoms with van der Waals surface area (Å²) in [5.41, 5.74) is 4.64. The molecular formula is C48H66Cl2N4O2. The average molecular weight is 802 g/mol. The topological polar surface area (TPSA) is 53.4 Å². The first-order valence-electron chi connectivity index (χ1n) is 20.9. The van der Waals surface area contributed by atoms with Crippen molar-refractivity contribution in [3.8, 4) is 0 Å². The fourth-order valence-corrected chi connectivity index (χ4v) is 8.88. The van der Waals surface area contributed by atoms with Crippen molar-refractivity contribution in [3.63, 3.8) is 0 Å². The van der Waals surface area contributed by atoms with Gasteiger partial charge in [0.1, 0.15) is 0 Å².